The van der Waals surface area contributed by atoms with Gasteiger partial charge in [-0.05, 0) is 59.9 Å². The number of carbonyl (C=O) groups excluding carboxylic acids is 2. The molecular formula is C27H28N2O2S. The predicted molar refractivity (Wildman–Crippen MR) is 133 cm³/mol. The van der Waals surface area contributed by atoms with E-state index in [-0.39, 0.29) is 22.6 Å². The molecule has 1 fully saturated rings. The van der Waals surface area contributed by atoms with Gasteiger partial charge in [-0.15, -0.1) is 11.8 Å². The van der Waals surface area contributed by atoms with Gasteiger partial charge >= 0.3 is 0 Å². The van der Waals surface area contributed by atoms with E-state index in [0.717, 1.165) is 22.5 Å². The number of hydrogen-bond acceptors (Lipinski definition) is 3. The van der Waals surface area contributed by atoms with Crippen LogP contribution in [0.3, 0.4) is 0 Å². The fourth-order valence-corrected chi connectivity index (χ4v) is 4.92. The summed E-state index contributed by atoms with van der Waals surface area (Å²) in [7, 11) is 0. The lowest BCUT2D eigenvalue weighted by atomic mass is 9.87. The maximum absolute atomic E-state index is 12.8. The monoisotopic (exact) mass is 444 g/mol. The molecule has 0 aromatic heterocycles. The second kappa shape index (κ2) is 8.83. The van der Waals surface area contributed by atoms with Gasteiger partial charge < -0.3 is 5.32 Å². The molecule has 5 heteroatoms. The second-order valence-electron chi connectivity index (χ2n) is 9.17. The summed E-state index contributed by atoms with van der Waals surface area (Å²) in [6, 6.07) is 23.5. The molecule has 1 unspecified atom stereocenters. The quantitative estimate of drug-likeness (QED) is 0.512. The van der Waals surface area contributed by atoms with E-state index in [1.807, 2.05) is 72.5 Å². The van der Waals surface area contributed by atoms with Gasteiger partial charge in [-0.2, -0.15) is 0 Å². The first-order chi connectivity index (χ1) is 15.2. The summed E-state index contributed by atoms with van der Waals surface area (Å²) in [4.78, 5) is 27.2. The molecule has 1 heterocycles. The van der Waals surface area contributed by atoms with Crippen molar-refractivity contribution in [2.75, 3.05) is 16.0 Å². The standard InChI is InChI=1S/C27H28N2O2S/c1-18-8-10-19(11-9-18)25(31)28-22-7-5-6-20(16-22)26-29(24(30)17-32-26)23-14-12-21(13-15-23)27(2,3)4/h5-16,26H,17H2,1-4H3,(H,28,31). The normalized spacial score (nSPS) is 16.3. The van der Waals surface area contributed by atoms with Crippen molar-refractivity contribution in [3.63, 3.8) is 0 Å². The summed E-state index contributed by atoms with van der Waals surface area (Å²) < 4.78 is 0. The molecule has 3 aromatic carbocycles. The summed E-state index contributed by atoms with van der Waals surface area (Å²) in [5, 5.41) is 2.85. The zero-order valence-corrected chi connectivity index (χ0v) is 19.7. The van der Waals surface area contributed by atoms with Crippen molar-refractivity contribution < 1.29 is 9.59 Å². The summed E-state index contributed by atoms with van der Waals surface area (Å²) in [6.45, 7) is 8.53. The Hall–Kier alpha value is -3.05. The van der Waals surface area contributed by atoms with Crippen molar-refractivity contribution in [1.29, 1.82) is 0 Å². The summed E-state index contributed by atoms with van der Waals surface area (Å²) in [6.07, 6.45) is 0. The van der Waals surface area contributed by atoms with Crippen LogP contribution in [0.15, 0.2) is 72.8 Å². The molecule has 0 spiro atoms. The Balaban J connectivity index is 1.56. The van der Waals surface area contributed by atoms with E-state index >= 15 is 0 Å². The molecule has 1 saturated heterocycles. The van der Waals surface area contributed by atoms with Crippen LogP contribution in [-0.2, 0) is 10.2 Å². The molecule has 32 heavy (non-hydrogen) atoms. The lowest BCUT2D eigenvalue weighted by Gasteiger charge is -2.26. The van der Waals surface area contributed by atoms with Gasteiger partial charge in [0.05, 0.1) is 5.75 Å². The van der Waals surface area contributed by atoms with Gasteiger partial charge in [-0.25, -0.2) is 0 Å². The SMILES string of the molecule is Cc1ccc(C(=O)Nc2cccc(C3SCC(=O)N3c3ccc(C(C)(C)C)cc3)c2)cc1. The number of nitrogens with one attached hydrogen (secondary N) is 1. The first-order valence-electron chi connectivity index (χ1n) is 10.7. The van der Waals surface area contributed by atoms with Crippen LogP contribution >= 0.6 is 11.8 Å². The van der Waals surface area contributed by atoms with Crippen molar-refractivity contribution >= 4 is 35.0 Å². The molecule has 0 bridgehead atoms. The molecule has 164 valence electrons. The van der Waals surface area contributed by atoms with Gasteiger partial charge in [0.2, 0.25) is 5.91 Å². The smallest absolute Gasteiger partial charge is 0.255 e. The molecule has 4 rings (SSSR count). The third-order valence-electron chi connectivity index (χ3n) is 5.62. The van der Waals surface area contributed by atoms with E-state index in [9.17, 15) is 9.59 Å². The van der Waals surface area contributed by atoms with Crippen LogP contribution in [-0.4, -0.2) is 17.6 Å². The number of thioether (sulfide) groups is 1. The minimum atomic E-state index is -0.146. The van der Waals surface area contributed by atoms with E-state index in [2.05, 4.69) is 38.2 Å². The van der Waals surface area contributed by atoms with E-state index in [1.165, 1.54) is 5.56 Å². The van der Waals surface area contributed by atoms with Gasteiger partial charge in [0, 0.05) is 16.9 Å². The lowest BCUT2D eigenvalue weighted by Crippen LogP contribution is -2.28. The second-order valence-corrected chi connectivity index (χ2v) is 10.2. The van der Waals surface area contributed by atoms with Crippen LogP contribution in [0.1, 0.15) is 53.2 Å². The number of aryl methyl sites for hydroxylation is 1. The average molecular weight is 445 g/mol. The van der Waals surface area contributed by atoms with Crippen LogP contribution < -0.4 is 10.2 Å². The molecule has 0 saturated carbocycles. The summed E-state index contributed by atoms with van der Waals surface area (Å²) in [5.41, 5.74) is 5.63. The lowest BCUT2D eigenvalue weighted by molar-refractivity contribution is -0.115. The van der Waals surface area contributed by atoms with Gasteiger partial charge in [-0.1, -0.05) is 62.7 Å². The van der Waals surface area contributed by atoms with Crippen LogP contribution in [0.2, 0.25) is 0 Å². The first-order valence-corrected chi connectivity index (χ1v) is 11.8. The van der Waals surface area contributed by atoms with Crippen molar-refractivity contribution in [2.45, 2.75) is 38.5 Å². The number of rotatable bonds is 4. The van der Waals surface area contributed by atoms with Crippen LogP contribution in [0.5, 0.6) is 0 Å². The molecule has 1 aliphatic heterocycles. The number of carbonyl (C=O) groups is 2. The maximum atomic E-state index is 12.8. The Labute approximate surface area is 194 Å². The average Bonchev–Trinajstić information content (AvgIpc) is 3.15. The van der Waals surface area contributed by atoms with Crippen LogP contribution in [0.4, 0.5) is 11.4 Å². The number of amides is 2. The Morgan fingerprint density at radius 1 is 1.00 bits per heavy atom. The van der Waals surface area contributed by atoms with E-state index < -0.39 is 0 Å². The van der Waals surface area contributed by atoms with Crippen LogP contribution in [0.25, 0.3) is 0 Å². The highest BCUT2D eigenvalue weighted by Crippen LogP contribution is 2.42. The summed E-state index contributed by atoms with van der Waals surface area (Å²) >= 11 is 1.61. The Morgan fingerprint density at radius 2 is 1.69 bits per heavy atom. The third-order valence-corrected chi connectivity index (χ3v) is 6.84. The molecule has 0 radical (unpaired) electrons. The number of hydrogen-bond donors (Lipinski definition) is 1. The van der Waals surface area contributed by atoms with Gasteiger partial charge in [0.15, 0.2) is 0 Å². The fraction of sp³-hybridized carbons (Fsp3) is 0.259. The van der Waals surface area contributed by atoms with Crippen molar-refractivity contribution in [2.24, 2.45) is 0 Å². The molecule has 1 aliphatic rings. The largest absolute Gasteiger partial charge is 0.322 e. The molecule has 4 nitrogen and oxygen atoms in total. The van der Waals surface area contributed by atoms with Gasteiger partial charge in [-0.3, -0.25) is 14.5 Å². The molecule has 2 amide bonds. The Kier molecular flexibility index (Phi) is 6.11. The number of benzene rings is 3. The molecule has 3 aromatic rings. The summed E-state index contributed by atoms with van der Waals surface area (Å²) in [5.74, 6) is 0.385. The van der Waals surface area contributed by atoms with Gasteiger partial charge in [0.25, 0.3) is 5.91 Å². The minimum absolute atomic E-state index is 0.0612. The number of anilines is 2. The minimum Gasteiger partial charge on any atom is -0.322 e. The fourth-order valence-electron chi connectivity index (χ4n) is 3.75. The Morgan fingerprint density at radius 3 is 2.34 bits per heavy atom. The first kappa shape index (κ1) is 22.2. The highest BCUT2D eigenvalue weighted by atomic mass is 32.2. The zero-order valence-electron chi connectivity index (χ0n) is 18.9. The van der Waals surface area contributed by atoms with E-state index in [4.69, 9.17) is 0 Å². The Bertz CT molecular complexity index is 1130. The van der Waals surface area contributed by atoms with Crippen molar-refractivity contribution in [3.05, 3.63) is 95.1 Å². The molecular weight excluding hydrogens is 416 g/mol. The number of nitrogens with zero attached hydrogens (tertiary/aromatic N) is 1. The maximum Gasteiger partial charge on any atom is 0.255 e. The van der Waals surface area contributed by atoms with Gasteiger partial charge in [0.1, 0.15) is 5.37 Å². The third kappa shape index (κ3) is 4.73. The van der Waals surface area contributed by atoms with Crippen molar-refractivity contribution in [1.82, 2.24) is 0 Å². The topological polar surface area (TPSA) is 49.4 Å². The predicted octanol–water partition coefficient (Wildman–Crippen LogP) is 6.32. The van der Waals surface area contributed by atoms with E-state index in [1.54, 1.807) is 11.8 Å². The highest BCUT2D eigenvalue weighted by Gasteiger charge is 2.34. The molecule has 0 aliphatic carbocycles. The van der Waals surface area contributed by atoms with Crippen LogP contribution in [0, 0.1) is 6.92 Å². The van der Waals surface area contributed by atoms with E-state index in [0.29, 0.717) is 11.3 Å². The molecule has 1 atom stereocenters. The zero-order chi connectivity index (χ0) is 22.9. The highest BCUT2D eigenvalue weighted by molar-refractivity contribution is 8.00. The van der Waals surface area contributed by atoms with Crippen molar-refractivity contribution in [3.8, 4) is 0 Å². The molecule has 1 N–H and O–H groups in total.